The lowest BCUT2D eigenvalue weighted by Gasteiger charge is -2.19. The molecule has 2 nitrogen and oxygen atoms in total. The van der Waals surface area contributed by atoms with Crippen molar-refractivity contribution >= 4 is 12.1 Å². The van der Waals surface area contributed by atoms with E-state index in [9.17, 15) is 4.79 Å². The molecule has 76 valence electrons. The largest absolute Gasteiger partial charge is 0.328 e. The van der Waals surface area contributed by atoms with Crippen LogP contribution in [0.3, 0.4) is 0 Å². The van der Waals surface area contributed by atoms with Crippen molar-refractivity contribution in [3.05, 3.63) is 29.8 Å². The van der Waals surface area contributed by atoms with Gasteiger partial charge < -0.3 is 5.32 Å². The van der Waals surface area contributed by atoms with Crippen molar-refractivity contribution < 1.29 is 4.79 Å². The number of carbonyl (C=O) groups is 1. The van der Waals surface area contributed by atoms with E-state index >= 15 is 0 Å². The molecule has 1 aromatic rings. The second-order valence-electron chi connectivity index (χ2n) is 4.66. The molecular formula is C12H17NO. The predicted octanol–water partition coefficient (Wildman–Crippen LogP) is 2.84. The smallest absolute Gasteiger partial charge is 0.211 e. The fraction of sp³-hybridized carbons (Fsp3) is 0.417. The number of para-hydroxylation sites is 1. The maximum atomic E-state index is 10.4. The number of benzene rings is 1. The molecule has 1 amide bonds. The van der Waals surface area contributed by atoms with Crippen molar-refractivity contribution in [1.29, 1.82) is 0 Å². The molecule has 1 rings (SSSR count). The number of amides is 1. The zero-order chi connectivity index (χ0) is 10.6. The number of nitrogens with one attached hydrogen (secondary N) is 1. The fourth-order valence-corrected chi connectivity index (χ4v) is 1.45. The molecule has 0 fully saturated rings. The van der Waals surface area contributed by atoms with E-state index in [1.807, 2.05) is 18.2 Å². The highest BCUT2D eigenvalue weighted by Crippen LogP contribution is 2.25. The molecule has 0 heterocycles. The minimum atomic E-state index is 0.237. The Balaban J connectivity index is 2.89. The second-order valence-corrected chi connectivity index (χ2v) is 4.66. The van der Waals surface area contributed by atoms with E-state index in [4.69, 9.17) is 0 Å². The minimum Gasteiger partial charge on any atom is -0.328 e. The van der Waals surface area contributed by atoms with Crippen molar-refractivity contribution in [2.75, 3.05) is 5.32 Å². The van der Waals surface area contributed by atoms with Gasteiger partial charge in [0.25, 0.3) is 0 Å². The first-order valence-electron chi connectivity index (χ1n) is 4.81. The van der Waals surface area contributed by atoms with E-state index in [2.05, 4.69) is 32.2 Å². The molecule has 1 aromatic carbocycles. The molecule has 0 saturated carbocycles. The SMILES string of the molecule is CC(C)(C)Cc1ccccc1NC=O. The van der Waals surface area contributed by atoms with Gasteiger partial charge in [-0.25, -0.2) is 0 Å². The molecule has 0 atom stereocenters. The number of hydrogen-bond donors (Lipinski definition) is 1. The summed E-state index contributed by atoms with van der Waals surface area (Å²) in [5.41, 5.74) is 2.34. The molecular weight excluding hydrogens is 174 g/mol. The maximum Gasteiger partial charge on any atom is 0.211 e. The van der Waals surface area contributed by atoms with Gasteiger partial charge in [0.05, 0.1) is 0 Å². The lowest BCUT2D eigenvalue weighted by molar-refractivity contribution is -0.105. The van der Waals surface area contributed by atoms with Crippen molar-refractivity contribution in [3.8, 4) is 0 Å². The van der Waals surface area contributed by atoms with Crippen LogP contribution >= 0.6 is 0 Å². The summed E-state index contributed by atoms with van der Waals surface area (Å²) in [6.45, 7) is 6.56. The zero-order valence-electron chi connectivity index (χ0n) is 9.00. The van der Waals surface area contributed by atoms with Crippen LogP contribution in [0.4, 0.5) is 5.69 Å². The molecule has 0 spiro atoms. The van der Waals surface area contributed by atoms with Gasteiger partial charge in [0, 0.05) is 5.69 Å². The summed E-state index contributed by atoms with van der Waals surface area (Å²) in [5.74, 6) is 0. The lowest BCUT2D eigenvalue weighted by atomic mass is 9.87. The van der Waals surface area contributed by atoms with Crippen molar-refractivity contribution in [2.24, 2.45) is 5.41 Å². The Bertz CT molecular complexity index is 312. The number of anilines is 1. The topological polar surface area (TPSA) is 29.1 Å². The van der Waals surface area contributed by atoms with Gasteiger partial charge in [-0.2, -0.15) is 0 Å². The van der Waals surface area contributed by atoms with E-state index in [1.165, 1.54) is 5.56 Å². The molecule has 0 aliphatic rings. The molecule has 14 heavy (non-hydrogen) atoms. The first-order valence-corrected chi connectivity index (χ1v) is 4.81. The molecule has 1 N–H and O–H groups in total. The van der Waals surface area contributed by atoms with E-state index in [-0.39, 0.29) is 5.41 Å². The van der Waals surface area contributed by atoms with Gasteiger partial charge in [-0.3, -0.25) is 4.79 Å². The van der Waals surface area contributed by atoms with Gasteiger partial charge in [-0.05, 0) is 23.5 Å². The van der Waals surface area contributed by atoms with Gasteiger partial charge in [0.1, 0.15) is 0 Å². The molecule has 0 aliphatic heterocycles. The first-order chi connectivity index (χ1) is 6.53. The quantitative estimate of drug-likeness (QED) is 0.731. The molecule has 0 bridgehead atoms. The van der Waals surface area contributed by atoms with Crippen LogP contribution in [0.5, 0.6) is 0 Å². The Morgan fingerprint density at radius 3 is 2.50 bits per heavy atom. The van der Waals surface area contributed by atoms with E-state index in [1.54, 1.807) is 0 Å². The Morgan fingerprint density at radius 1 is 1.29 bits per heavy atom. The summed E-state index contributed by atoms with van der Waals surface area (Å²) in [6, 6.07) is 7.90. The molecule has 0 saturated heterocycles. The Kier molecular flexibility index (Phi) is 3.28. The summed E-state index contributed by atoms with van der Waals surface area (Å²) >= 11 is 0. The highest BCUT2D eigenvalue weighted by Gasteiger charge is 2.13. The summed E-state index contributed by atoms with van der Waals surface area (Å²) in [7, 11) is 0. The van der Waals surface area contributed by atoms with Crippen LogP contribution in [0.2, 0.25) is 0 Å². The highest BCUT2D eigenvalue weighted by atomic mass is 16.1. The Labute approximate surface area is 85.3 Å². The zero-order valence-corrected chi connectivity index (χ0v) is 9.00. The van der Waals surface area contributed by atoms with Crippen LogP contribution in [0.1, 0.15) is 26.3 Å². The van der Waals surface area contributed by atoms with Crippen LogP contribution in [-0.2, 0) is 11.2 Å². The number of carbonyl (C=O) groups excluding carboxylic acids is 1. The van der Waals surface area contributed by atoms with Crippen LogP contribution in [0, 0.1) is 5.41 Å². The third-order valence-corrected chi connectivity index (χ3v) is 1.95. The highest BCUT2D eigenvalue weighted by molar-refractivity contribution is 5.73. The Hall–Kier alpha value is -1.31. The molecule has 0 aromatic heterocycles. The van der Waals surface area contributed by atoms with E-state index in [0.717, 1.165) is 18.5 Å². The molecule has 0 unspecified atom stereocenters. The monoisotopic (exact) mass is 191 g/mol. The second kappa shape index (κ2) is 4.27. The summed E-state index contributed by atoms with van der Waals surface area (Å²) in [4.78, 5) is 10.4. The van der Waals surface area contributed by atoms with Gasteiger partial charge in [0.15, 0.2) is 0 Å². The average molecular weight is 191 g/mol. The van der Waals surface area contributed by atoms with Crippen LogP contribution in [0.25, 0.3) is 0 Å². The lowest BCUT2D eigenvalue weighted by Crippen LogP contribution is -2.11. The summed E-state index contributed by atoms with van der Waals surface area (Å²) < 4.78 is 0. The van der Waals surface area contributed by atoms with E-state index < -0.39 is 0 Å². The van der Waals surface area contributed by atoms with Gasteiger partial charge in [-0.15, -0.1) is 0 Å². The van der Waals surface area contributed by atoms with Gasteiger partial charge in [-0.1, -0.05) is 39.0 Å². The minimum absolute atomic E-state index is 0.237. The van der Waals surface area contributed by atoms with Crippen LogP contribution in [0.15, 0.2) is 24.3 Å². The number of hydrogen-bond acceptors (Lipinski definition) is 1. The maximum absolute atomic E-state index is 10.4. The molecule has 0 radical (unpaired) electrons. The number of rotatable bonds is 3. The molecule has 2 heteroatoms. The van der Waals surface area contributed by atoms with Gasteiger partial charge >= 0.3 is 0 Å². The third-order valence-electron chi connectivity index (χ3n) is 1.95. The van der Waals surface area contributed by atoms with Crippen molar-refractivity contribution in [2.45, 2.75) is 27.2 Å². The molecule has 0 aliphatic carbocycles. The standard InChI is InChI=1S/C12H17NO/c1-12(2,3)8-10-6-4-5-7-11(10)13-9-14/h4-7,9H,8H2,1-3H3,(H,13,14). The predicted molar refractivity (Wildman–Crippen MR) is 59.3 cm³/mol. The first kappa shape index (κ1) is 10.8. The van der Waals surface area contributed by atoms with E-state index in [0.29, 0.717) is 0 Å². The summed E-state index contributed by atoms with van der Waals surface area (Å²) in [5, 5.41) is 2.72. The summed E-state index contributed by atoms with van der Waals surface area (Å²) in [6.07, 6.45) is 1.69. The fourth-order valence-electron chi connectivity index (χ4n) is 1.45. The van der Waals surface area contributed by atoms with Crippen molar-refractivity contribution in [1.82, 2.24) is 0 Å². The Morgan fingerprint density at radius 2 is 1.93 bits per heavy atom. The van der Waals surface area contributed by atoms with Gasteiger partial charge in [0.2, 0.25) is 6.41 Å². The van der Waals surface area contributed by atoms with Crippen LogP contribution in [-0.4, -0.2) is 6.41 Å². The van der Waals surface area contributed by atoms with Crippen LogP contribution < -0.4 is 5.32 Å². The normalized spacial score (nSPS) is 11.1. The average Bonchev–Trinajstić information content (AvgIpc) is 2.06. The van der Waals surface area contributed by atoms with Crippen molar-refractivity contribution in [3.63, 3.8) is 0 Å². The third kappa shape index (κ3) is 3.21.